The third kappa shape index (κ3) is 4.22. The number of ether oxygens (including phenoxy) is 3. The monoisotopic (exact) mass is 378 g/mol. The average molecular weight is 379 g/mol. The summed E-state index contributed by atoms with van der Waals surface area (Å²) in [6.45, 7) is 5.42. The molecule has 2 heterocycles. The van der Waals surface area contributed by atoms with Crippen LogP contribution in [0.1, 0.15) is 49.1 Å². The van der Waals surface area contributed by atoms with Gasteiger partial charge in [0.25, 0.3) is 0 Å². The molecule has 2 aliphatic heterocycles. The molecule has 2 fully saturated rings. The largest absolute Gasteiger partial charge is 0.368 e. The molecule has 0 saturated carbocycles. The molecule has 148 valence electrons. The molecule has 4 atom stereocenters. The van der Waals surface area contributed by atoms with Crippen LogP contribution in [0.15, 0.2) is 73.3 Å². The molecule has 2 saturated heterocycles. The SMILES string of the molecule is C=C[C@@H](c1ccccc1)[C@H]1CC[C@H](OCc2ccccc2)[C@]2(CCCCO2)O1. The van der Waals surface area contributed by atoms with Crippen molar-refractivity contribution in [2.75, 3.05) is 6.61 Å². The number of hydrogen-bond acceptors (Lipinski definition) is 3. The Balaban J connectivity index is 1.50. The molecule has 2 aliphatic rings. The molecular formula is C25H30O3. The maximum absolute atomic E-state index is 6.70. The van der Waals surface area contributed by atoms with Crippen molar-refractivity contribution in [2.45, 2.75) is 62.6 Å². The van der Waals surface area contributed by atoms with Crippen LogP contribution >= 0.6 is 0 Å². The summed E-state index contributed by atoms with van der Waals surface area (Å²) in [7, 11) is 0. The van der Waals surface area contributed by atoms with Crippen molar-refractivity contribution < 1.29 is 14.2 Å². The Hall–Kier alpha value is -1.94. The van der Waals surface area contributed by atoms with Gasteiger partial charge in [0.05, 0.1) is 19.3 Å². The summed E-state index contributed by atoms with van der Waals surface area (Å²) in [5.74, 6) is -0.468. The van der Waals surface area contributed by atoms with Crippen LogP contribution in [0, 0.1) is 0 Å². The highest BCUT2D eigenvalue weighted by Crippen LogP contribution is 2.43. The van der Waals surface area contributed by atoms with Crippen LogP contribution in [0.3, 0.4) is 0 Å². The minimum absolute atomic E-state index is 0.0366. The van der Waals surface area contributed by atoms with Crippen LogP contribution in [0.25, 0.3) is 0 Å². The van der Waals surface area contributed by atoms with Gasteiger partial charge in [0.2, 0.25) is 0 Å². The summed E-state index contributed by atoms with van der Waals surface area (Å²) in [6, 6.07) is 20.8. The molecule has 1 spiro atoms. The minimum Gasteiger partial charge on any atom is -0.368 e. The Morgan fingerprint density at radius 3 is 2.46 bits per heavy atom. The fraction of sp³-hybridized carbons (Fsp3) is 0.440. The second-order valence-electron chi connectivity index (χ2n) is 7.81. The summed E-state index contributed by atoms with van der Waals surface area (Å²) in [5, 5.41) is 0. The van der Waals surface area contributed by atoms with Crippen LogP contribution in [0.5, 0.6) is 0 Å². The van der Waals surface area contributed by atoms with E-state index in [9.17, 15) is 0 Å². The first-order valence-electron chi connectivity index (χ1n) is 10.5. The summed E-state index contributed by atoms with van der Waals surface area (Å²) in [6.07, 6.45) is 7.01. The number of benzene rings is 2. The van der Waals surface area contributed by atoms with Gasteiger partial charge >= 0.3 is 0 Å². The van der Waals surface area contributed by atoms with Crippen molar-refractivity contribution in [3.8, 4) is 0 Å². The second kappa shape index (κ2) is 9.04. The molecule has 0 bridgehead atoms. The van der Waals surface area contributed by atoms with Gasteiger partial charge in [-0.2, -0.15) is 0 Å². The lowest BCUT2D eigenvalue weighted by Crippen LogP contribution is -2.56. The van der Waals surface area contributed by atoms with E-state index in [4.69, 9.17) is 14.2 Å². The lowest BCUT2D eigenvalue weighted by atomic mass is 9.84. The number of rotatable bonds is 6. The highest BCUT2D eigenvalue weighted by molar-refractivity contribution is 5.25. The molecule has 0 unspecified atom stereocenters. The zero-order valence-corrected chi connectivity index (χ0v) is 16.5. The van der Waals surface area contributed by atoms with Crippen molar-refractivity contribution in [1.29, 1.82) is 0 Å². The van der Waals surface area contributed by atoms with Crippen LogP contribution in [-0.4, -0.2) is 24.6 Å². The van der Waals surface area contributed by atoms with Crippen LogP contribution in [0.2, 0.25) is 0 Å². The third-order valence-corrected chi connectivity index (χ3v) is 5.95. The normalized spacial score (nSPS) is 28.7. The fourth-order valence-corrected chi connectivity index (χ4v) is 4.48. The summed E-state index contributed by atoms with van der Waals surface area (Å²) >= 11 is 0. The van der Waals surface area contributed by atoms with Gasteiger partial charge in [0.1, 0.15) is 6.10 Å². The third-order valence-electron chi connectivity index (χ3n) is 5.95. The maximum atomic E-state index is 6.70. The lowest BCUT2D eigenvalue weighted by Gasteiger charge is -2.49. The lowest BCUT2D eigenvalue weighted by molar-refractivity contribution is -0.343. The van der Waals surface area contributed by atoms with Crippen molar-refractivity contribution >= 4 is 0 Å². The molecule has 3 heteroatoms. The van der Waals surface area contributed by atoms with E-state index in [0.29, 0.717) is 6.61 Å². The Kier molecular flexibility index (Phi) is 6.26. The molecule has 28 heavy (non-hydrogen) atoms. The molecule has 0 N–H and O–H groups in total. The first-order valence-corrected chi connectivity index (χ1v) is 10.5. The number of hydrogen-bond donors (Lipinski definition) is 0. The van der Waals surface area contributed by atoms with Gasteiger partial charge in [0, 0.05) is 12.3 Å². The molecule has 0 radical (unpaired) electrons. The Labute approximate surface area is 168 Å². The van der Waals surface area contributed by atoms with Crippen molar-refractivity contribution in [3.63, 3.8) is 0 Å². The minimum atomic E-state index is -0.633. The topological polar surface area (TPSA) is 27.7 Å². The van der Waals surface area contributed by atoms with E-state index in [1.165, 1.54) is 11.1 Å². The van der Waals surface area contributed by atoms with E-state index < -0.39 is 5.79 Å². The molecular weight excluding hydrogens is 348 g/mol. The van der Waals surface area contributed by atoms with Crippen LogP contribution in [0.4, 0.5) is 0 Å². The van der Waals surface area contributed by atoms with E-state index >= 15 is 0 Å². The van der Waals surface area contributed by atoms with Crippen molar-refractivity contribution in [3.05, 3.63) is 84.4 Å². The molecule has 3 nitrogen and oxygen atoms in total. The standard InChI is InChI=1S/C25H30O3/c1-2-22(21-13-7-4-8-14-21)23-15-16-24(25(28-23)17-9-10-18-27-25)26-19-20-11-5-3-6-12-20/h2-8,11-14,22-24H,1,9-10,15-19H2/t22-,23+,24-,25-/m0/s1. The maximum Gasteiger partial charge on any atom is 0.195 e. The van der Waals surface area contributed by atoms with Crippen molar-refractivity contribution in [2.24, 2.45) is 0 Å². The Morgan fingerprint density at radius 1 is 1.04 bits per heavy atom. The molecule has 2 aromatic carbocycles. The predicted molar refractivity (Wildman–Crippen MR) is 111 cm³/mol. The van der Waals surface area contributed by atoms with E-state index in [1.54, 1.807) is 0 Å². The summed E-state index contributed by atoms with van der Waals surface area (Å²) in [4.78, 5) is 0. The Bertz CT molecular complexity index is 737. The van der Waals surface area contributed by atoms with Crippen LogP contribution in [-0.2, 0) is 20.8 Å². The van der Waals surface area contributed by atoms with E-state index in [-0.39, 0.29) is 18.1 Å². The van der Waals surface area contributed by atoms with Gasteiger partial charge in [-0.25, -0.2) is 0 Å². The van der Waals surface area contributed by atoms with E-state index in [1.807, 2.05) is 30.3 Å². The van der Waals surface area contributed by atoms with Gasteiger partial charge in [0.15, 0.2) is 5.79 Å². The average Bonchev–Trinajstić information content (AvgIpc) is 2.76. The van der Waals surface area contributed by atoms with E-state index in [2.05, 4.69) is 43.0 Å². The molecule has 2 aromatic rings. The van der Waals surface area contributed by atoms with Gasteiger partial charge in [-0.3, -0.25) is 0 Å². The van der Waals surface area contributed by atoms with Crippen LogP contribution < -0.4 is 0 Å². The van der Waals surface area contributed by atoms with Gasteiger partial charge < -0.3 is 14.2 Å². The molecule has 0 amide bonds. The predicted octanol–water partition coefficient (Wildman–Crippen LogP) is 5.62. The Morgan fingerprint density at radius 2 is 1.79 bits per heavy atom. The molecule has 0 aromatic heterocycles. The first kappa shape index (κ1) is 19.4. The van der Waals surface area contributed by atoms with Gasteiger partial charge in [-0.15, -0.1) is 6.58 Å². The highest BCUT2D eigenvalue weighted by atomic mass is 16.7. The highest BCUT2D eigenvalue weighted by Gasteiger charge is 2.49. The molecule has 4 rings (SSSR count). The smallest absolute Gasteiger partial charge is 0.195 e. The van der Waals surface area contributed by atoms with Gasteiger partial charge in [-0.05, 0) is 36.8 Å². The second-order valence-corrected chi connectivity index (χ2v) is 7.81. The van der Waals surface area contributed by atoms with Gasteiger partial charge in [-0.1, -0.05) is 66.7 Å². The summed E-state index contributed by atoms with van der Waals surface area (Å²) in [5.41, 5.74) is 2.43. The van der Waals surface area contributed by atoms with E-state index in [0.717, 1.165) is 38.7 Å². The summed E-state index contributed by atoms with van der Waals surface area (Å²) < 4.78 is 19.3. The quantitative estimate of drug-likeness (QED) is 0.611. The molecule has 0 aliphatic carbocycles. The zero-order valence-electron chi connectivity index (χ0n) is 16.5. The van der Waals surface area contributed by atoms with Crippen molar-refractivity contribution in [1.82, 2.24) is 0 Å². The first-order chi connectivity index (χ1) is 13.8. The fourth-order valence-electron chi connectivity index (χ4n) is 4.48. The zero-order chi connectivity index (χ0) is 19.2.